The fraction of sp³-hybridized carbons (Fsp3) is 0.261. The zero-order valence-electron chi connectivity index (χ0n) is 16.9. The predicted octanol–water partition coefficient (Wildman–Crippen LogP) is 3.47. The highest BCUT2D eigenvalue weighted by atomic mass is 19.1. The van der Waals surface area contributed by atoms with Crippen LogP contribution >= 0.6 is 0 Å². The van der Waals surface area contributed by atoms with Gasteiger partial charge in [-0.3, -0.25) is 4.79 Å². The Kier molecular flexibility index (Phi) is 6.81. The summed E-state index contributed by atoms with van der Waals surface area (Å²) in [5.74, 6) is 0.0738. The van der Waals surface area contributed by atoms with Crippen LogP contribution < -0.4 is 10.1 Å². The van der Waals surface area contributed by atoms with Crippen molar-refractivity contribution < 1.29 is 13.9 Å². The smallest absolute Gasteiger partial charge is 0.220 e. The number of halogens is 1. The van der Waals surface area contributed by atoms with Crippen LogP contribution in [0.15, 0.2) is 55.0 Å². The second-order valence-corrected chi connectivity index (χ2v) is 7.03. The number of benzene rings is 2. The summed E-state index contributed by atoms with van der Waals surface area (Å²) in [4.78, 5) is 16.8. The summed E-state index contributed by atoms with van der Waals surface area (Å²) in [6.07, 6.45) is 4.61. The number of carbonyl (C=O) groups excluding carboxylic acids is 1. The van der Waals surface area contributed by atoms with Crippen LogP contribution in [-0.2, 0) is 24.7 Å². The molecule has 1 heterocycles. The van der Waals surface area contributed by atoms with Crippen molar-refractivity contribution in [3.05, 3.63) is 83.2 Å². The third-order valence-corrected chi connectivity index (χ3v) is 4.91. The highest BCUT2D eigenvalue weighted by molar-refractivity contribution is 5.76. The van der Waals surface area contributed by atoms with Gasteiger partial charge in [0.05, 0.1) is 36.9 Å². The largest absolute Gasteiger partial charge is 0.497 e. The molecule has 7 heteroatoms. The average molecular weight is 406 g/mol. The third kappa shape index (κ3) is 5.23. The number of aryl methyl sites for hydroxylation is 2. The molecule has 2 aromatic carbocycles. The summed E-state index contributed by atoms with van der Waals surface area (Å²) in [5, 5.41) is 12.0. The highest BCUT2D eigenvalue weighted by Gasteiger charge is 2.19. The highest BCUT2D eigenvalue weighted by Crippen LogP contribution is 2.20. The number of methoxy groups -OCH3 is 1. The summed E-state index contributed by atoms with van der Waals surface area (Å²) >= 11 is 0. The fourth-order valence-corrected chi connectivity index (χ4v) is 3.30. The standard InChI is InChI=1S/C23H23FN4O2/c1-28-15-26-14-22(28)21(12-17-6-8-18(13-25)20(24)11-17)27-23(29)9-7-16-4-3-5-19(10-16)30-2/h3-6,8,10-11,14-15,21H,7,9,12H2,1-2H3,(H,27,29). The summed E-state index contributed by atoms with van der Waals surface area (Å²) in [5.41, 5.74) is 2.51. The zero-order valence-corrected chi connectivity index (χ0v) is 16.9. The van der Waals surface area contributed by atoms with Gasteiger partial charge in [0, 0.05) is 13.5 Å². The van der Waals surface area contributed by atoms with E-state index in [0.717, 1.165) is 17.0 Å². The molecule has 1 amide bonds. The molecule has 1 unspecified atom stereocenters. The SMILES string of the molecule is COc1cccc(CCC(=O)NC(Cc2ccc(C#N)c(F)c2)c2cncn2C)c1. The quantitative estimate of drug-likeness (QED) is 0.621. The van der Waals surface area contributed by atoms with Crippen molar-refractivity contribution in [3.8, 4) is 11.8 Å². The van der Waals surface area contributed by atoms with Crippen LogP contribution in [0, 0.1) is 17.1 Å². The van der Waals surface area contributed by atoms with Crippen LogP contribution in [-0.4, -0.2) is 22.6 Å². The molecular formula is C23H23FN4O2. The van der Waals surface area contributed by atoms with E-state index in [1.165, 1.54) is 12.1 Å². The molecule has 154 valence electrons. The Morgan fingerprint density at radius 1 is 1.30 bits per heavy atom. The molecule has 1 N–H and O–H groups in total. The molecular weight excluding hydrogens is 383 g/mol. The summed E-state index contributed by atoms with van der Waals surface area (Å²) in [7, 11) is 3.45. The van der Waals surface area contributed by atoms with Gasteiger partial charge in [0.25, 0.3) is 0 Å². The van der Waals surface area contributed by atoms with E-state index >= 15 is 0 Å². The monoisotopic (exact) mass is 406 g/mol. The molecule has 0 spiro atoms. The first-order chi connectivity index (χ1) is 14.5. The minimum Gasteiger partial charge on any atom is -0.497 e. The number of nitrogens with one attached hydrogen (secondary N) is 1. The molecule has 0 aliphatic rings. The number of imidazole rings is 1. The van der Waals surface area contributed by atoms with Gasteiger partial charge in [-0.1, -0.05) is 18.2 Å². The van der Waals surface area contributed by atoms with E-state index < -0.39 is 5.82 Å². The van der Waals surface area contributed by atoms with Crippen molar-refractivity contribution in [2.75, 3.05) is 7.11 Å². The van der Waals surface area contributed by atoms with E-state index in [0.29, 0.717) is 24.8 Å². The number of hydrogen-bond acceptors (Lipinski definition) is 4. The number of rotatable bonds is 8. The van der Waals surface area contributed by atoms with Gasteiger partial charge in [0.2, 0.25) is 5.91 Å². The van der Waals surface area contributed by atoms with E-state index in [-0.39, 0.29) is 17.5 Å². The molecule has 0 saturated carbocycles. The van der Waals surface area contributed by atoms with Gasteiger partial charge in [0.15, 0.2) is 0 Å². The Morgan fingerprint density at radius 2 is 2.13 bits per heavy atom. The van der Waals surface area contributed by atoms with Crippen LogP contribution in [0.3, 0.4) is 0 Å². The maximum Gasteiger partial charge on any atom is 0.220 e. The first-order valence-corrected chi connectivity index (χ1v) is 9.57. The summed E-state index contributed by atoms with van der Waals surface area (Å²) in [6.45, 7) is 0. The van der Waals surface area contributed by atoms with E-state index in [1.807, 2.05) is 41.9 Å². The van der Waals surface area contributed by atoms with Gasteiger partial charge in [-0.2, -0.15) is 5.26 Å². The topological polar surface area (TPSA) is 79.9 Å². The molecule has 0 aliphatic heterocycles. The van der Waals surface area contributed by atoms with Gasteiger partial charge in [-0.25, -0.2) is 9.37 Å². The Labute approximate surface area is 174 Å². The van der Waals surface area contributed by atoms with E-state index in [4.69, 9.17) is 10.00 Å². The number of hydrogen-bond donors (Lipinski definition) is 1. The first kappa shape index (κ1) is 21.1. The summed E-state index contributed by atoms with van der Waals surface area (Å²) in [6, 6.07) is 13.6. The molecule has 3 rings (SSSR count). The molecule has 0 bridgehead atoms. The molecule has 0 aliphatic carbocycles. The second kappa shape index (κ2) is 9.70. The molecule has 0 saturated heterocycles. The van der Waals surface area contributed by atoms with Crippen molar-refractivity contribution in [2.24, 2.45) is 7.05 Å². The lowest BCUT2D eigenvalue weighted by Crippen LogP contribution is -2.31. The number of nitriles is 1. The average Bonchev–Trinajstić information content (AvgIpc) is 3.18. The Hall–Kier alpha value is -3.66. The van der Waals surface area contributed by atoms with Crippen molar-refractivity contribution in [1.82, 2.24) is 14.9 Å². The maximum absolute atomic E-state index is 14.0. The van der Waals surface area contributed by atoms with Crippen molar-refractivity contribution >= 4 is 5.91 Å². The maximum atomic E-state index is 14.0. The number of aromatic nitrogens is 2. The lowest BCUT2D eigenvalue weighted by atomic mass is 10.0. The van der Waals surface area contributed by atoms with E-state index in [9.17, 15) is 9.18 Å². The Morgan fingerprint density at radius 3 is 2.80 bits per heavy atom. The molecule has 6 nitrogen and oxygen atoms in total. The van der Waals surface area contributed by atoms with Crippen LogP contribution in [0.5, 0.6) is 5.75 Å². The second-order valence-electron chi connectivity index (χ2n) is 7.03. The zero-order chi connectivity index (χ0) is 21.5. The van der Waals surface area contributed by atoms with Gasteiger partial charge in [-0.15, -0.1) is 0 Å². The fourth-order valence-electron chi connectivity index (χ4n) is 3.30. The number of amides is 1. The van der Waals surface area contributed by atoms with Gasteiger partial charge in [-0.05, 0) is 48.2 Å². The lowest BCUT2D eigenvalue weighted by Gasteiger charge is -2.20. The number of ether oxygens (including phenoxy) is 1. The van der Waals surface area contributed by atoms with Crippen molar-refractivity contribution in [1.29, 1.82) is 5.26 Å². The lowest BCUT2D eigenvalue weighted by molar-refractivity contribution is -0.121. The first-order valence-electron chi connectivity index (χ1n) is 9.57. The van der Waals surface area contributed by atoms with Gasteiger partial charge >= 0.3 is 0 Å². The Bertz CT molecular complexity index is 1070. The van der Waals surface area contributed by atoms with E-state index in [1.54, 1.807) is 25.7 Å². The molecule has 3 aromatic rings. The summed E-state index contributed by atoms with van der Waals surface area (Å²) < 4.78 is 21.1. The van der Waals surface area contributed by atoms with Crippen LogP contribution in [0.1, 0.15) is 34.8 Å². The molecule has 0 fully saturated rings. The van der Waals surface area contributed by atoms with Crippen LogP contribution in [0.2, 0.25) is 0 Å². The normalized spacial score (nSPS) is 11.5. The Balaban J connectivity index is 1.71. The molecule has 1 atom stereocenters. The van der Waals surface area contributed by atoms with Crippen LogP contribution in [0.25, 0.3) is 0 Å². The van der Waals surface area contributed by atoms with Crippen molar-refractivity contribution in [2.45, 2.75) is 25.3 Å². The number of carbonyl (C=O) groups is 1. The minimum absolute atomic E-state index is 0.00171. The molecule has 0 radical (unpaired) electrons. The molecule has 1 aromatic heterocycles. The van der Waals surface area contributed by atoms with Crippen molar-refractivity contribution in [3.63, 3.8) is 0 Å². The third-order valence-electron chi connectivity index (χ3n) is 4.91. The van der Waals surface area contributed by atoms with Gasteiger partial charge < -0.3 is 14.6 Å². The molecule has 30 heavy (non-hydrogen) atoms. The minimum atomic E-state index is -0.567. The van der Waals surface area contributed by atoms with Gasteiger partial charge in [0.1, 0.15) is 17.6 Å². The number of nitrogens with zero attached hydrogens (tertiary/aromatic N) is 3. The van der Waals surface area contributed by atoms with Crippen LogP contribution in [0.4, 0.5) is 4.39 Å². The van der Waals surface area contributed by atoms with E-state index in [2.05, 4.69) is 10.3 Å². The predicted molar refractivity (Wildman–Crippen MR) is 110 cm³/mol.